The Balaban J connectivity index is 1.52. The number of quaternary nitrogens is 1. The fourth-order valence-corrected chi connectivity index (χ4v) is 8.47. The third kappa shape index (κ3) is 5.39. The monoisotopic (exact) mass is 597 g/mol. The summed E-state index contributed by atoms with van der Waals surface area (Å²) in [6.45, 7) is 9.91. The van der Waals surface area contributed by atoms with Crippen LogP contribution < -0.4 is 0 Å². The number of aldehydes is 1. The Labute approximate surface area is 253 Å². The normalized spacial score (nSPS) is 24.1. The topological polar surface area (TPSA) is 93.6 Å². The number of carbonyl (C=O) groups is 1. The van der Waals surface area contributed by atoms with Gasteiger partial charge in [0, 0.05) is 35.9 Å². The fourth-order valence-electron chi connectivity index (χ4n) is 7.38. The third-order valence-corrected chi connectivity index (χ3v) is 10.8. The highest BCUT2D eigenvalue weighted by molar-refractivity contribution is 7.86. The predicted octanol–water partition coefficient (Wildman–Crippen LogP) is 6.43. The lowest BCUT2D eigenvalue weighted by molar-refractivity contribution is -0.984. The molecule has 7 nitrogen and oxygen atoms in total. The molecule has 3 saturated heterocycles. The lowest BCUT2D eigenvalue weighted by atomic mass is 9.71. The predicted molar refractivity (Wildman–Crippen MR) is 166 cm³/mol. The Morgan fingerprint density at radius 3 is 2.60 bits per heavy atom. The van der Waals surface area contributed by atoms with Gasteiger partial charge in [0.05, 0.1) is 29.1 Å². The molecule has 4 aromatic rings. The van der Waals surface area contributed by atoms with Crippen LogP contribution in [0.5, 0.6) is 5.75 Å². The summed E-state index contributed by atoms with van der Waals surface area (Å²) >= 11 is 0. The second kappa shape index (κ2) is 11.3. The molecule has 0 unspecified atom stereocenters. The number of aryl methyl sites for hydroxylation is 2. The van der Waals surface area contributed by atoms with Gasteiger partial charge in [0.15, 0.2) is 12.4 Å². The Hall–Kier alpha value is -3.85. The van der Waals surface area contributed by atoms with Crippen LogP contribution in [0.15, 0.2) is 90.5 Å². The first-order valence-electron chi connectivity index (χ1n) is 14.7. The number of aromatic nitrogens is 1. The van der Waals surface area contributed by atoms with E-state index in [9.17, 15) is 18.3 Å². The van der Waals surface area contributed by atoms with E-state index in [-0.39, 0.29) is 28.2 Å². The van der Waals surface area contributed by atoms with E-state index >= 15 is 0 Å². The molecule has 8 heteroatoms. The molecular weight excluding hydrogens is 560 g/mol. The largest absolute Gasteiger partial charge is 0.507 e. The first-order valence-corrected chi connectivity index (χ1v) is 16.1. The van der Waals surface area contributed by atoms with Crippen LogP contribution >= 0.6 is 0 Å². The number of pyridine rings is 1. The summed E-state index contributed by atoms with van der Waals surface area (Å²) in [7, 11) is -4.15. The van der Waals surface area contributed by atoms with Gasteiger partial charge in [0.1, 0.15) is 18.3 Å². The van der Waals surface area contributed by atoms with Gasteiger partial charge in [0.25, 0.3) is 10.1 Å². The highest BCUT2D eigenvalue weighted by atomic mass is 32.2. The van der Waals surface area contributed by atoms with Crippen molar-refractivity contribution >= 4 is 27.3 Å². The number of nitrogens with zero attached hydrogens (tertiary/aromatic N) is 2. The Kier molecular flexibility index (Phi) is 7.71. The SMILES string of the molecule is C=C[C@H]1C[N@+]2(Cc3cc(C)cc(C=O)c3O)CC[C@H]1C[C@H]2[C@@H](OS(=O)(=O)c1ccc(C)cc1)c1ccnc2ccccc12. The molecule has 0 spiro atoms. The summed E-state index contributed by atoms with van der Waals surface area (Å²) in [5.74, 6) is 0.556. The van der Waals surface area contributed by atoms with Crippen LogP contribution in [0.25, 0.3) is 10.9 Å². The highest BCUT2D eigenvalue weighted by Gasteiger charge is 2.55. The van der Waals surface area contributed by atoms with Gasteiger partial charge in [-0.05, 0) is 67.3 Å². The van der Waals surface area contributed by atoms with Crippen molar-refractivity contribution in [2.45, 2.75) is 50.3 Å². The average Bonchev–Trinajstić information content (AvgIpc) is 3.01. The molecule has 3 aromatic carbocycles. The zero-order valence-electron chi connectivity index (χ0n) is 24.5. The summed E-state index contributed by atoms with van der Waals surface area (Å²) in [4.78, 5) is 16.5. The minimum atomic E-state index is -4.15. The lowest BCUT2D eigenvalue weighted by Gasteiger charge is -2.58. The Morgan fingerprint density at radius 2 is 1.86 bits per heavy atom. The van der Waals surface area contributed by atoms with Crippen LogP contribution in [-0.2, 0) is 20.8 Å². The maximum atomic E-state index is 13.9. The molecule has 7 rings (SSSR count). The number of carbonyl (C=O) groups excluding carboxylic acids is 1. The van der Waals surface area contributed by atoms with Crippen molar-refractivity contribution in [3.8, 4) is 5.75 Å². The number of phenols is 1. The number of piperidine rings is 3. The molecular formula is C35H37N2O5S+. The second-order valence-corrected chi connectivity index (χ2v) is 13.8. The molecule has 0 aliphatic carbocycles. The molecule has 1 aromatic heterocycles. The van der Waals surface area contributed by atoms with E-state index in [4.69, 9.17) is 4.18 Å². The number of rotatable bonds is 9. The van der Waals surface area contributed by atoms with Crippen molar-refractivity contribution in [3.63, 3.8) is 0 Å². The van der Waals surface area contributed by atoms with Crippen LogP contribution in [0.3, 0.4) is 0 Å². The molecule has 3 aliphatic heterocycles. The van der Waals surface area contributed by atoms with Gasteiger partial charge in [-0.3, -0.25) is 14.0 Å². The molecule has 4 heterocycles. The molecule has 2 bridgehead atoms. The van der Waals surface area contributed by atoms with E-state index in [1.807, 2.05) is 56.3 Å². The van der Waals surface area contributed by atoms with Gasteiger partial charge < -0.3 is 9.59 Å². The van der Waals surface area contributed by atoms with Crippen molar-refractivity contribution < 1.29 is 27.0 Å². The molecule has 0 amide bonds. The van der Waals surface area contributed by atoms with Crippen molar-refractivity contribution in [2.24, 2.45) is 11.8 Å². The van der Waals surface area contributed by atoms with Crippen LogP contribution in [0.1, 0.15) is 51.6 Å². The molecule has 1 N–H and O–H groups in total. The van der Waals surface area contributed by atoms with Gasteiger partial charge >= 0.3 is 0 Å². The number of hydrogen-bond acceptors (Lipinski definition) is 6. The van der Waals surface area contributed by atoms with Gasteiger partial charge in [-0.1, -0.05) is 42.0 Å². The number of phenolic OH excluding ortho intramolecular Hbond substituents is 1. The minimum Gasteiger partial charge on any atom is -0.507 e. The molecule has 3 fully saturated rings. The molecule has 0 radical (unpaired) electrons. The second-order valence-electron chi connectivity index (χ2n) is 12.2. The summed E-state index contributed by atoms with van der Waals surface area (Å²) in [5.41, 5.74) is 4.31. The maximum absolute atomic E-state index is 13.9. The number of aromatic hydroxyl groups is 1. The zero-order valence-corrected chi connectivity index (χ0v) is 25.3. The lowest BCUT2D eigenvalue weighted by Crippen LogP contribution is -2.67. The van der Waals surface area contributed by atoms with E-state index in [1.165, 1.54) is 0 Å². The molecule has 5 atom stereocenters. The van der Waals surface area contributed by atoms with Gasteiger partial charge in [-0.2, -0.15) is 8.42 Å². The first-order chi connectivity index (χ1) is 20.6. The van der Waals surface area contributed by atoms with E-state index in [0.717, 1.165) is 53.5 Å². The zero-order chi connectivity index (χ0) is 30.4. The molecule has 222 valence electrons. The van der Waals surface area contributed by atoms with Crippen molar-refractivity contribution in [3.05, 3.63) is 113 Å². The van der Waals surface area contributed by atoms with Crippen LogP contribution in [-0.4, -0.2) is 48.4 Å². The summed E-state index contributed by atoms with van der Waals surface area (Å²) in [5, 5.41) is 12.0. The van der Waals surface area contributed by atoms with E-state index in [1.54, 1.807) is 36.5 Å². The fraction of sp³-hybridized carbons (Fsp3) is 0.314. The Morgan fingerprint density at radius 1 is 1.09 bits per heavy atom. The van der Waals surface area contributed by atoms with Crippen molar-refractivity contribution in [2.75, 3.05) is 13.1 Å². The van der Waals surface area contributed by atoms with Gasteiger partial charge in [-0.15, -0.1) is 6.58 Å². The van der Waals surface area contributed by atoms with E-state index in [2.05, 4.69) is 11.6 Å². The van der Waals surface area contributed by atoms with Crippen LogP contribution in [0, 0.1) is 25.7 Å². The highest BCUT2D eigenvalue weighted by Crippen LogP contribution is 2.50. The van der Waals surface area contributed by atoms with Gasteiger partial charge in [-0.25, -0.2) is 0 Å². The number of benzene rings is 3. The summed E-state index contributed by atoms with van der Waals surface area (Å²) in [6, 6.07) is 19.7. The third-order valence-electron chi connectivity index (χ3n) is 9.53. The average molecular weight is 598 g/mol. The number of para-hydroxylation sites is 1. The maximum Gasteiger partial charge on any atom is 0.297 e. The van der Waals surface area contributed by atoms with Crippen molar-refractivity contribution in [1.29, 1.82) is 0 Å². The van der Waals surface area contributed by atoms with E-state index < -0.39 is 16.2 Å². The smallest absolute Gasteiger partial charge is 0.297 e. The van der Waals surface area contributed by atoms with Crippen LogP contribution in [0.2, 0.25) is 0 Å². The standard InChI is InChI=1S/C35H36N2O5S/c1-4-25-20-37(21-27-17-24(3)18-28(22-38)34(27)39)16-14-26(25)19-33(37)35(31-13-15-36-32-8-6-5-7-30(31)32)42-43(40,41)29-11-9-23(2)10-12-29/h4-13,15,17-18,22,25-26,33,35H,1,14,16,19-21H2,2-3H3/p+1/t25-,26-,33-,35-,37-/m0/s1. The first kappa shape index (κ1) is 29.2. The van der Waals surface area contributed by atoms with E-state index in [0.29, 0.717) is 28.8 Å². The Bertz CT molecular complexity index is 1800. The molecule has 43 heavy (non-hydrogen) atoms. The van der Waals surface area contributed by atoms with Crippen LogP contribution in [0.4, 0.5) is 0 Å². The molecule has 0 saturated carbocycles. The minimum absolute atomic E-state index is 0.0196. The van der Waals surface area contributed by atoms with Crippen molar-refractivity contribution in [1.82, 2.24) is 4.98 Å². The number of fused-ring (bicyclic) bond motifs is 4. The summed E-state index contributed by atoms with van der Waals surface area (Å²) in [6.07, 6.45) is 5.28. The summed E-state index contributed by atoms with van der Waals surface area (Å²) < 4.78 is 34.7. The number of hydrogen-bond donors (Lipinski definition) is 1. The molecule has 3 aliphatic rings. The quantitative estimate of drug-likeness (QED) is 0.103. The van der Waals surface area contributed by atoms with Gasteiger partial charge in [0.2, 0.25) is 0 Å².